The Bertz CT molecular complexity index is 890. The van der Waals surface area contributed by atoms with Crippen molar-refractivity contribution in [1.82, 2.24) is 19.7 Å². The van der Waals surface area contributed by atoms with Crippen molar-refractivity contribution >= 4 is 17.5 Å². The van der Waals surface area contributed by atoms with Gasteiger partial charge in [0, 0.05) is 30.1 Å². The molecule has 0 N–H and O–H groups in total. The van der Waals surface area contributed by atoms with Crippen LogP contribution in [-0.2, 0) is 4.79 Å². The third-order valence-corrected chi connectivity index (χ3v) is 4.76. The third kappa shape index (κ3) is 3.96. The molecule has 0 bridgehead atoms. The van der Waals surface area contributed by atoms with E-state index in [0.717, 1.165) is 27.8 Å². The molecule has 6 heteroatoms. The molecule has 0 aliphatic heterocycles. The highest BCUT2D eigenvalue weighted by molar-refractivity contribution is 7.99. The summed E-state index contributed by atoms with van der Waals surface area (Å²) in [6.45, 7) is 5.77. The number of thioether (sulfide) groups is 1. The van der Waals surface area contributed by atoms with Crippen LogP contribution < -0.4 is 0 Å². The lowest BCUT2D eigenvalue weighted by Crippen LogP contribution is -2.03. The average Bonchev–Trinajstić information content (AvgIpc) is 2.99. The maximum absolute atomic E-state index is 11.2. The van der Waals surface area contributed by atoms with Gasteiger partial charge in [0.2, 0.25) is 0 Å². The number of hydrogen-bond donors (Lipinski definition) is 0. The number of Topliss-reactive ketones (excluding diaryl/α,β-unsaturated/α-hetero) is 1. The number of pyridine rings is 1. The van der Waals surface area contributed by atoms with Crippen LogP contribution in [-0.4, -0.2) is 31.3 Å². The van der Waals surface area contributed by atoms with Crippen LogP contribution in [0.2, 0.25) is 0 Å². The first kappa shape index (κ1) is 17.4. The fourth-order valence-corrected chi connectivity index (χ4v) is 3.59. The average molecular weight is 352 g/mol. The summed E-state index contributed by atoms with van der Waals surface area (Å²) in [6, 6.07) is 10.2. The summed E-state index contributed by atoms with van der Waals surface area (Å²) in [6.07, 6.45) is 4.05. The quantitative estimate of drug-likeness (QED) is 0.627. The lowest BCUT2D eigenvalue weighted by atomic mass is 10.1. The first-order valence-electron chi connectivity index (χ1n) is 8.12. The zero-order valence-corrected chi connectivity index (χ0v) is 15.4. The molecule has 25 heavy (non-hydrogen) atoms. The molecule has 0 spiro atoms. The second-order valence-corrected chi connectivity index (χ2v) is 7.04. The highest BCUT2D eigenvalue weighted by atomic mass is 32.2. The SMILES string of the molecule is CC(=O)CCSc1nnc(-c2cccnc2)n1-c1ccc(C)cc1C. The predicted octanol–water partition coefficient (Wildman–Crippen LogP) is 4.02. The van der Waals surface area contributed by atoms with Crippen molar-refractivity contribution in [1.29, 1.82) is 0 Å². The highest BCUT2D eigenvalue weighted by Gasteiger charge is 2.17. The molecular formula is C19H20N4OS. The fourth-order valence-electron chi connectivity index (χ4n) is 2.60. The molecule has 0 fully saturated rings. The summed E-state index contributed by atoms with van der Waals surface area (Å²) >= 11 is 1.55. The summed E-state index contributed by atoms with van der Waals surface area (Å²) < 4.78 is 2.05. The summed E-state index contributed by atoms with van der Waals surface area (Å²) in [5.74, 6) is 1.62. The highest BCUT2D eigenvalue weighted by Crippen LogP contribution is 2.29. The minimum atomic E-state index is 0.178. The number of carbonyl (C=O) groups excluding carboxylic acids is 1. The minimum absolute atomic E-state index is 0.178. The van der Waals surface area contributed by atoms with E-state index in [9.17, 15) is 4.79 Å². The molecule has 2 heterocycles. The molecule has 0 saturated carbocycles. The van der Waals surface area contributed by atoms with Crippen molar-refractivity contribution in [2.75, 3.05) is 5.75 Å². The van der Waals surface area contributed by atoms with Gasteiger partial charge >= 0.3 is 0 Å². The second kappa shape index (κ2) is 7.61. The molecule has 0 radical (unpaired) electrons. The molecule has 3 aromatic rings. The molecule has 2 aromatic heterocycles. The zero-order valence-electron chi connectivity index (χ0n) is 14.6. The van der Waals surface area contributed by atoms with Crippen LogP contribution in [0.5, 0.6) is 0 Å². The number of aryl methyl sites for hydroxylation is 2. The third-order valence-electron chi connectivity index (χ3n) is 3.83. The maximum Gasteiger partial charge on any atom is 0.196 e. The number of aromatic nitrogens is 4. The predicted molar refractivity (Wildman–Crippen MR) is 100 cm³/mol. The number of rotatable bonds is 6. The van der Waals surface area contributed by atoms with E-state index in [0.29, 0.717) is 12.2 Å². The van der Waals surface area contributed by atoms with Gasteiger partial charge in [0.25, 0.3) is 0 Å². The van der Waals surface area contributed by atoms with Gasteiger partial charge in [-0.3, -0.25) is 14.3 Å². The molecule has 5 nitrogen and oxygen atoms in total. The summed E-state index contributed by atoms with van der Waals surface area (Å²) in [7, 11) is 0. The van der Waals surface area contributed by atoms with Crippen LogP contribution in [0, 0.1) is 13.8 Å². The molecular weight excluding hydrogens is 332 g/mol. The first-order chi connectivity index (χ1) is 12.1. The first-order valence-corrected chi connectivity index (χ1v) is 9.10. The standard InChI is InChI=1S/C19H20N4OS/c1-13-6-7-17(14(2)11-13)23-18(16-5-4-9-20-12-16)21-22-19(23)25-10-8-15(3)24/h4-7,9,11-12H,8,10H2,1-3H3. The van der Waals surface area contributed by atoms with Crippen LogP contribution in [0.3, 0.4) is 0 Å². The Balaban J connectivity index is 2.08. The van der Waals surface area contributed by atoms with Gasteiger partial charge in [0.15, 0.2) is 11.0 Å². The molecule has 0 unspecified atom stereocenters. The molecule has 0 aliphatic carbocycles. The van der Waals surface area contributed by atoms with Gasteiger partial charge in [-0.15, -0.1) is 10.2 Å². The largest absolute Gasteiger partial charge is 0.300 e. The van der Waals surface area contributed by atoms with Gasteiger partial charge in [-0.05, 0) is 44.5 Å². The number of hydrogen-bond acceptors (Lipinski definition) is 5. The van der Waals surface area contributed by atoms with E-state index < -0.39 is 0 Å². The maximum atomic E-state index is 11.2. The Morgan fingerprint density at radius 1 is 1.20 bits per heavy atom. The van der Waals surface area contributed by atoms with Crippen LogP contribution in [0.1, 0.15) is 24.5 Å². The summed E-state index contributed by atoms with van der Waals surface area (Å²) in [5, 5.41) is 9.54. The molecule has 128 valence electrons. The van der Waals surface area contributed by atoms with Gasteiger partial charge in [0.1, 0.15) is 5.78 Å². The number of nitrogens with zero attached hydrogens (tertiary/aromatic N) is 4. The Hall–Kier alpha value is -2.47. The number of carbonyl (C=O) groups is 1. The molecule has 3 rings (SSSR count). The van der Waals surface area contributed by atoms with Crippen molar-refractivity contribution in [2.24, 2.45) is 0 Å². The van der Waals surface area contributed by atoms with Crippen molar-refractivity contribution < 1.29 is 4.79 Å². The molecule has 0 saturated heterocycles. The Morgan fingerprint density at radius 3 is 2.72 bits per heavy atom. The molecule has 0 amide bonds. The van der Waals surface area contributed by atoms with Crippen molar-refractivity contribution in [3.63, 3.8) is 0 Å². The van der Waals surface area contributed by atoms with Crippen LogP contribution in [0.15, 0.2) is 47.9 Å². The van der Waals surface area contributed by atoms with E-state index in [1.165, 1.54) is 5.56 Å². The summed E-state index contributed by atoms with van der Waals surface area (Å²) in [4.78, 5) is 15.4. The molecule has 1 aromatic carbocycles. The van der Waals surface area contributed by atoms with Crippen LogP contribution in [0.4, 0.5) is 0 Å². The zero-order chi connectivity index (χ0) is 17.8. The van der Waals surface area contributed by atoms with Crippen molar-refractivity contribution in [2.45, 2.75) is 32.3 Å². The molecule has 0 atom stereocenters. The van der Waals surface area contributed by atoms with E-state index in [-0.39, 0.29) is 5.78 Å². The van der Waals surface area contributed by atoms with E-state index >= 15 is 0 Å². The summed E-state index contributed by atoms with van der Waals surface area (Å²) in [5.41, 5.74) is 4.31. The van der Waals surface area contributed by atoms with Crippen LogP contribution in [0.25, 0.3) is 17.1 Å². The fraction of sp³-hybridized carbons (Fsp3) is 0.263. The van der Waals surface area contributed by atoms with Crippen molar-refractivity contribution in [3.8, 4) is 17.1 Å². The number of benzene rings is 1. The number of ketones is 1. The minimum Gasteiger partial charge on any atom is -0.300 e. The van der Waals surface area contributed by atoms with E-state index in [4.69, 9.17) is 0 Å². The van der Waals surface area contributed by atoms with Crippen molar-refractivity contribution in [3.05, 3.63) is 53.9 Å². The lowest BCUT2D eigenvalue weighted by molar-refractivity contribution is -0.116. The monoisotopic (exact) mass is 352 g/mol. The van der Waals surface area contributed by atoms with Gasteiger partial charge in [-0.25, -0.2) is 0 Å². The smallest absolute Gasteiger partial charge is 0.196 e. The van der Waals surface area contributed by atoms with Crippen LogP contribution >= 0.6 is 11.8 Å². The van der Waals surface area contributed by atoms with E-state index in [2.05, 4.69) is 51.8 Å². The van der Waals surface area contributed by atoms with Gasteiger partial charge in [0.05, 0.1) is 5.69 Å². The molecule has 0 aliphatic rings. The van der Waals surface area contributed by atoms with Gasteiger partial charge < -0.3 is 0 Å². The van der Waals surface area contributed by atoms with Gasteiger partial charge in [-0.1, -0.05) is 29.5 Å². The Labute approximate surface area is 151 Å². The lowest BCUT2D eigenvalue weighted by Gasteiger charge is -2.13. The van der Waals surface area contributed by atoms with E-state index in [1.54, 1.807) is 31.1 Å². The normalized spacial score (nSPS) is 10.8. The van der Waals surface area contributed by atoms with Gasteiger partial charge in [-0.2, -0.15) is 0 Å². The second-order valence-electron chi connectivity index (χ2n) is 5.97. The Morgan fingerprint density at radius 2 is 2.04 bits per heavy atom. The van der Waals surface area contributed by atoms with E-state index in [1.807, 2.05) is 12.1 Å². The topological polar surface area (TPSA) is 60.7 Å². The Kier molecular flexibility index (Phi) is 5.28.